The monoisotopic (exact) mass is 247 g/mol. The number of hydrogen-bond acceptors (Lipinski definition) is 3. The Labute approximate surface area is 106 Å². The van der Waals surface area contributed by atoms with Gasteiger partial charge < -0.3 is 16.4 Å². The Bertz CT molecular complexity index is 499. The molecule has 1 heterocycles. The first-order valence-corrected chi connectivity index (χ1v) is 5.94. The van der Waals surface area contributed by atoms with E-state index in [1.165, 1.54) is 0 Å². The van der Waals surface area contributed by atoms with Crippen LogP contribution in [0.3, 0.4) is 0 Å². The number of amides is 2. The highest BCUT2D eigenvalue weighted by Crippen LogP contribution is 2.22. The molecule has 0 aliphatic carbocycles. The second-order valence-corrected chi connectivity index (χ2v) is 4.68. The van der Waals surface area contributed by atoms with E-state index in [0.29, 0.717) is 30.8 Å². The first-order chi connectivity index (χ1) is 8.50. The lowest BCUT2D eigenvalue weighted by Crippen LogP contribution is -2.32. The Morgan fingerprint density at radius 3 is 2.72 bits per heavy atom. The minimum absolute atomic E-state index is 0.125. The zero-order valence-electron chi connectivity index (χ0n) is 10.3. The topological polar surface area (TPSA) is 89.4 Å². The van der Waals surface area contributed by atoms with Gasteiger partial charge in [0.2, 0.25) is 5.91 Å². The molecule has 0 aromatic heterocycles. The predicted molar refractivity (Wildman–Crippen MR) is 68.8 cm³/mol. The van der Waals surface area contributed by atoms with Crippen LogP contribution in [0.4, 0.5) is 5.69 Å². The lowest BCUT2D eigenvalue weighted by Gasteiger charge is -2.17. The molecule has 1 aliphatic rings. The van der Waals surface area contributed by atoms with Crippen molar-refractivity contribution in [2.45, 2.75) is 13.3 Å². The third-order valence-corrected chi connectivity index (χ3v) is 3.43. The van der Waals surface area contributed by atoms with Gasteiger partial charge in [0.05, 0.1) is 11.5 Å². The van der Waals surface area contributed by atoms with E-state index in [2.05, 4.69) is 0 Å². The summed E-state index contributed by atoms with van der Waals surface area (Å²) in [6.45, 7) is 2.81. The number of hydrogen-bond donors (Lipinski definition) is 2. The van der Waals surface area contributed by atoms with Crippen LogP contribution in [0, 0.1) is 12.8 Å². The van der Waals surface area contributed by atoms with Gasteiger partial charge in [-0.25, -0.2) is 0 Å². The van der Waals surface area contributed by atoms with Crippen molar-refractivity contribution in [3.05, 3.63) is 29.3 Å². The summed E-state index contributed by atoms with van der Waals surface area (Å²) in [4.78, 5) is 25.0. The van der Waals surface area contributed by atoms with E-state index in [-0.39, 0.29) is 17.7 Å². The largest absolute Gasteiger partial charge is 0.398 e. The van der Waals surface area contributed by atoms with Crippen molar-refractivity contribution < 1.29 is 9.59 Å². The molecular formula is C13H17N3O2. The minimum Gasteiger partial charge on any atom is -0.398 e. The Morgan fingerprint density at radius 1 is 1.39 bits per heavy atom. The van der Waals surface area contributed by atoms with Crippen LogP contribution in [0.15, 0.2) is 18.2 Å². The molecular weight excluding hydrogens is 230 g/mol. The molecule has 0 saturated carbocycles. The van der Waals surface area contributed by atoms with E-state index in [1.807, 2.05) is 13.0 Å². The van der Waals surface area contributed by atoms with Crippen LogP contribution in [0.2, 0.25) is 0 Å². The van der Waals surface area contributed by atoms with Crippen LogP contribution < -0.4 is 11.5 Å². The Balaban J connectivity index is 2.18. The molecule has 5 heteroatoms. The van der Waals surface area contributed by atoms with Crippen molar-refractivity contribution in [1.29, 1.82) is 0 Å². The van der Waals surface area contributed by atoms with Gasteiger partial charge >= 0.3 is 0 Å². The van der Waals surface area contributed by atoms with Gasteiger partial charge in [-0.05, 0) is 25.0 Å². The molecule has 1 atom stereocenters. The number of nitrogens with two attached hydrogens (primary N) is 2. The first kappa shape index (κ1) is 12.4. The van der Waals surface area contributed by atoms with Crippen molar-refractivity contribution in [2.75, 3.05) is 18.8 Å². The van der Waals surface area contributed by atoms with E-state index >= 15 is 0 Å². The molecule has 0 bridgehead atoms. The molecule has 0 spiro atoms. The molecule has 96 valence electrons. The lowest BCUT2D eigenvalue weighted by molar-refractivity contribution is -0.121. The van der Waals surface area contributed by atoms with Gasteiger partial charge in [-0.2, -0.15) is 0 Å². The number of nitrogens with zero attached hydrogens (tertiary/aromatic N) is 1. The van der Waals surface area contributed by atoms with E-state index in [0.717, 1.165) is 5.56 Å². The third kappa shape index (κ3) is 2.16. The number of aryl methyl sites for hydroxylation is 1. The van der Waals surface area contributed by atoms with E-state index < -0.39 is 0 Å². The summed E-state index contributed by atoms with van der Waals surface area (Å²) < 4.78 is 0. The summed E-state index contributed by atoms with van der Waals surface area (Å²) in [5.74, 6) is -0.706. The summed E-state index contributed by atoms with van der Waals surface area (Å²) in [6.07, 6.45) is 0.632. The molecule has 1 saturated heterocycles. The van der Waals surface area contributed by atoms with Crippen LogP contribution >= 0.6 is 0 Å². The van der Waals surface area contributed by atoms with Crippen molar-refractivity contribution in [1.82, 2.24) is 4.90 Å². The molecule has 1 unspecified atom stereocenters. The molecule has 2 amide bonds. The molecule has 1 fully saturated rings. The Hall–Kier alpha value is -2.04. The summed E-state index contributed by atoms with van der Waals surface area (Å²) in [6, 6.07) is 5.38. The van der Waals surface area contributed by atoms with Gasteiger partial charge in [0, 0.05) is 18.8 Å². The van der Waals surface area contributed by atoms with Crippen molar-refractivity contribution in [3.63, 3.8) is 0 Å². The van der Waals surface area contributed by atoms with Crippen molar-refractivity contribution in [3.8, 4) is 0 Å². The molecule has 1 aromatic rings. The predicted octanol–water partition coefficient (Wildman–Crippen LogP) is 0.525. The van der Waals surface area contributed by atoms with Crippen LogP contribution in [0.5, 0.6) is 0 Å². The highest BCUT2D eigenvalue weighted by atomic mass is 16.2. The average molecular weight is 247 g/mol. The van der Waals surface area contributed by atoms with Crippen LogP contribution in [-0.4, -0.2) is 29.8 Å². The van der Waals surface area contributed by atoms with Crippen molar-refractivity contribution in [2.24, 2.45) is 11.7 Å². The fourth-order valence-electron chi connectivity index (χ4n) is 2.21. The van der Waals surface area contributed by atoms with Gasteiger partial charge in [-0.15, -0.1) is 0 Å². The number of anilines is 1. The summed E-state index contributed by atoms with van der Waals surface area (Å²) in [5.41, 5.74) is 13.0. The van der Waals surface area contributed by atoms with Gasteiger partial charge in [-0.3, -0.25) is 9.59 Å². The highest BCUT2D eigenvalue weighted by molar-refractivity contribution is 6.00. The smallest absolute Gasteiger partial charge is 0.255 e. The van der Waals surface area contributed by atoms with E-state index in [1.54, 1.807) is 17.0 Å². The normalized spacial score (nSPS) is 18.9. The molecule has 1 aliphatic heterocycles. The van der Waals surface area contributed by atoms with Crippen LogP contribution in [0.1, 0.15) is 22.3 Å². The fraction of sp³-hybridized carbons (Fsp3) is 0.385. The number of carbonyl (C=O) groups excluding carboxylic acids is 2. The zero-order chi connectivity index (χ0) is 13.3. The van der Waals surface area contributed by atoms with Gasteiger partial charge in [0.15, 0.2) is 0 Å². The van der Waals surface area contributed by atoms with Crippen molar-refractivity contribution >= 4 is 17.5 Å². The molecule has 4 N–H and O–H groups in total. The van der Waals surface area contributed by atoms with Gasteiger partial charge in [-0.1, -0.05) is 12.1 Å². The molecule has 5 nitrogen and oxygen atoms in total. The van der Waals surface area contributed by atoms with E-state index in [4.69, 9.17) is 11.5 Å². The maximum absolute atomic E-state index is 12.3. The number of rotatable bonds is 2. The number of carbonyl (C=O) groups is 2. The zero-order valence-corrected chi connectivity index (χ0v) is 10.3. The maximum Gasteiger partial charge on any atom is 0.255 e. The van der Waals surface area contributed by atoms with Crippen LogP contribution in [0.25, 0.3) is 0 Å². The minimum atomic E-state index is -0.345. The summed E-state index contributed by atoms with van der Waals surface area (Å²) in [5, 5.41) is 0. The number of nitrogen functional groups attached to an aromatic ring is 1. The van der Waals surface area contributed by atoms with Gasteiger partial charge in [0.1, 0.15) is 0 Å². The molecule has 2 rings (SSSR count). The number of benzene rings is 1. The summed E-state index contributed by atoms with van der Waals surface area (Å²) >= 11 is 0. The number of para-hydroxylation sites is 1. The Morgan fingerprint density at radius 2 is 2.11 bits per heavy atom. The Kier molecular flexibility index (Phi) is 3.23. The molecule has 0 radical (unpaired) electrons. The fourth-order valence-corrected chi connectivity index (χ4v) is 2.21. The lowest BCUT2D eigenvalue weighted by atomic mass is 10.1. The summed E-state index contributed by atoms with van der Waals surface area (Å²) in [7, 11) is 0. The maximum atomic E-state index is 12.3. The average Bonchev–Trinajstić information content (AvgIpc) is 2.81. The number of primary amides is 1. The van der Waals surface area contributed by atoms with Gasteiger partial charge in [0.25, 0.3) is 5.91 Å². The quantitative estimate of drug-likeness (QED) is 0.747. The van der Waals surface area contributed by atoms with E-state index in [9.17, 15) is 9.59 Å². The first-order valence-electron chi connectivity index (χ1n) is 5.94. The van der Waals surface area contributed by atoms with Crippen LogP contribution in [-0.2, 0) is 4.79 Å². The second kappa shape index (κ2) is 4.68. The molecule has 1 aromatic carbocycles. The molecule has 18 heavy (non-hydrogen) atoms. The highest BCUT2D eigenvalue weighted by Gasteiger charge is 2.30. The third-order valence-electron chi connectivity index (χ3n) is 3.43. The second-order valence-electron chi connectivity index (χ2n) is 4.68. The number of likely N-dealkylation sites (tertiary alicyclic amines) is 1. The SMILES string of the molecule is Cc1cccc(C(=O)N2CCC(C(N)=O)C2)c1N. The standard InChI is InChI=1S/C13H17N3O2/c1-8-3-2-4-10(11(8)14)13(18)16-6-5-9(7-16)12(15)17/h2-4,9H,5-7,14H2,1H3,(H2,15,17).